The highest BCUT2D eigenvalue weighted by Gasteiger charge is 2.17. The number of allylic oxidation sites excluding steroid dienone is 1. The van der Waals surface area contributed by atoms with Gasteiger partial charge in [0.15, 0.2) is 11.6 Å². The minimum atomic E-state index is -3.87. The van der Waals surface area contributed by atoms with Gasteiger partial charge >= 0.3 is 6.01 Å². The van der Waals surface area contributed by atoms with E-state index in [1.807, 2.05) is 0 Å². The first kappa shape index (κ1) is 20.6. The predicted molar refractivity (Wildman–Crippen MR) is 108 cm³/mol. The highest BCUT2D eigenvalue weighted by molar-refractivity contribution is 7.92. The summed E-state index contributed by atoms with van der Waals surface area (Å²) >= 11 is 0. The summed E-state index contributed by atoms with van der Waals surface area (Å²) in [6.07, 6.45) is 4.96. The topological polar surface area (TPSA) is 120 Å². The summed E-state index contributed by atoms with van der Waals surface area (Å²) < 4.78 is 37.6. The monoisotopic (exact) mass is 418 g/mol. The van der Waals surface area contributed by atoms with Gasteiger partial charge in [-0.2, -0.15) is 9.97 Å². The van der Waals surface area contributed by atoms with Crippen LogP contribution in [-0.2, 0) is 14.8 Å². The van der Waals surface area contributed by atoms with E-state index in [4.69, 9.17) is 9.47 Å². The molecule has 2 N–H and O–H groups in total. The molecule has 0 amide bonds. The second-order valence-corrected chi connectivity index (χ2v) is 8.04. The van der Waals surface area contributed by atoms with Crippen molar-refractivity contribution in [2.24, 2.45) is 0 Å². The smallest absolute Gasteiger partial charge is 0.321 e. The van der Waals surface area contributed by atoms with Crippen LogP contribution in [0.15, 0.2) is 47.0 Å². The second kappa shape index (κ2) is 8.91. The molecular formula is C19H22N4O5S. The Morgan fingerprint density at radius 1 is 1.03 bits per heavy atom. The molecule has 0 atom stereocenters. The van der Waals surface area contributed by atoms with Gasteiger partial charge in [0.1, 0.15) is 0 Å². The van der Waals surface area contributed by atoms with E-state index >= 15 is 0 Å². The van der Waals surface area contributed by atoms with Gasteiger partial charge < -0.3 is 14.8 Å². The summed E-state index contributed by atoms with van der Waals surface area (Å²) in [6.45, 7) is 0. The minimum absolute atomic E-state index is 0.0214. The van der Waals surface area contributed by atoms with Gasteiger partial charge in [-0.25, -0.2) is 8.42 Å². The zero-order chi connectivity index (χ0) is 20.9. The average molecular weight is 418 g/mol. The Kier molecular flexibility index (Phi) is 6.32. The van der Waals surface area contributed by atoms with E-state index < -0.39 is 10.0 Å². The Bertz CT molecular complexity index is 997. The van der Waals surface area contributed by atoms with Crippen molar-refractivity contribution in [1.29, 1.82) is 0 Å². The Labute approximate surface area is 169 Å². The number of benzene rings is 1. The summed E-state index contributed by atoms with van der Waals surface area (Å²) in [6, 6.07) is 7.50. The maximum atomic E-state index is 12.6. The molecule has 1 aliphatic carbocycles. The van der Waals surface area contributed by atoms with Gasteiger partial charge in [-0.3, -0.25) is 9.52 Å². The van der Waals surface area contributed by atoms with E-state index in [2.05, 4.69) is 20.0 Å². The molecule has 9 nitrogen and oxygen atoms in total. The summed E-state index contributed by atoms with van der Waals surface area (Å²) in [5.41, 5.74) is 1.45. The van der Waals surface area contributed by atoms with Crippen LogP contribution >= 0.6 is 0 Å². The third kappa shape index (κ3) is 5.23. The van der Waals surface area contributed by atoms with Crippen LogP contribution in [0, 0.1) is 0 Å². The maximum absolute atomic E-state index is 12.6. The Balaban J connectivity index is 1.73. The molecular weight excluding hydrogens is 396 g/mol. The van der Waals surface area contributed by atoms with E-state index in [0.717, 1.165) is 24.8 Å². The zero-order valence-electron chi connectivity index (χ0n) is 16.1. The van der Waals surface area contributed by atoms with Crippen molar-refractivity contribution in [1.82, 2.24) is 9.97 Å². The number of rotatable bonds is 7. The van der Waals surface area contributed by atoms with E-state index in [1.54, 1.807) is 18.3 Å². The maximum Gasteiger partial charge on any atom is 0.321 e. The van der Waals surface area contributed by atoms with Crippen LogP contribution in [0.1, 0.15) is 25.7 Å². The number of hydrogen-bond donors (Lipinski definition) is 2. The molecule has 0 bridgehead atoms. The molecule has 1 heterocycles. The Morgan fingerprint density at radius 3 is 2.41 bits per heavy atom. The van der Waals surface area contributed by atoms with Crippen molar-refractivity contribution in [2.75, 3.05) is 24.3 Å². The first-order chi connectivity index (χ1) is 13.9. The second-order valence-electron chi connectivity index (χ2n) is 6.36. The van der Waals surface area contributed by atoms with Crippen molar-refractivity contribution in [2.45, 2.75) is 30.6 Å². The molecule has 1 fully saturated rings. The third-order valence-electron chi connectivity index (χ3n) is 4.35. The molecule has 0 aliphatic heterocycles. The van der Waals surface area contributed by atoms with Gasteiger partial charge in [-0.05, 0) is 43.5 Å². The number of hydrogen-bond acceptors (Lipinski definition) is 8. The average Bonchev–Trinajstić information content (AvgIpc) is 2.72. The summed E-state index contributed by atoms with van der Waals surface area (Å²) in [4.78, 5) is 19.8. The molecule has 3 rings (SSSR count). The van der Waals surface area contributed by atoms with Crippen molar-refractivity contribution in [3.8, 4) is 11.9 Å². The lowest BCUT2D eigenvalue weighted by Gasteiger charge is -2.13. The highest BCUT2D eigenvalue weighted by atomic mass is 32.2. The Morgan fingerprint density at radius 2 is 1.76 bits per heavy atom. The number of nitrogens with zero attached hydrogens (tertiary/aromatic N) is 2. The normalized spacial score (nSPS) is 15.8. The summed E-state index contributed by atoms with van der Waals surface area (Å²) in [5.74, 6) is 0.346. The number of anilines is 2. The third-order valence-corrected chi connectivity index (χ3v) is 5.72. The number of ketones is 1. The van der Waals surface area contributed by atoms with E-state index in [1.165, 1.54) is 32.4 Å². The fourth-order valence-corrected chi connectivity index (χ4v) is 3.80. The molecule has 2 aromatic rings. The van der Waals surface area contributed by atoms with Crippen LogP contribution in [0.4, 0.5) is 11.5 Å². The number of methoxy groups -OCH3 is 2. The first-order valence-electron chi connectivity index (χ1n) is 9.00. The largest absolute Gasteiger partial charge is 0.481 e. The number of Topliss-reactive ketones (excluding diaryl/α,β-unsaturated/α-hetero) is 1. The van der Waals surface area contributed by atoms with Crippen molar-refractivity contribution >= 4 is 27.3 Å². The number of sulfonamides is 1. The standard InChI is InChI=1S/C19H22N4O5S/c1-27-18-11-17(21-19(22-18)28-2)23-29(25,26)15-9-7-14(8-10-15)20-12-13-5-3-4-6-16(13)24/h7-12,20H,3-6H2,1-2H3,(H,21,22,23). The molecule has 0 spiro atoms. The molecule has 1 aromatic carbocycles. The Hall–Kier alpha value is -3.14. The van der Waals surface area contributed by atoms with Gasteiger partial charge in [-0.1, -0.05) is 0 Å². The number of carbonyl (C=O) groups excluding carboxylic acids is 1. The summed E-state index contributed by atoms with van der Waals surface area (Å²) in [7, 11) is -1.10. The predicted octanol–water partition coefficient (Wildman–Crippen LogP) is 2.73. The molecule has 1 aliphatic rings. The highest BCUT2D eigenvalue weighted by Crippen LogP contribution is 2.23. The summed E-state index contributed by atoms with van der Waals surface area (Å²) in [5, 5.41) is 3.05. The number of nitrogens with one attached hydrogen (secondary N) is 2. The molecule has 10 heteroatoms. The lowest BCUT2D eigenvalue weighted by molar-refractivity contribution is -0.116. The first-order valence-corrected chi connectivity index (χ1v) is 10.5. The van der Waals surface area contributed by atoms with Crippen molar-refractivity contribution in [3.63, 3.8) is 0 Å². The van der Waals surface area contributed by atoms with E-state index in [0.29, 0.717) is 12.1 Å². The van der Waals surface area contributed by atoms with Crippen LogP contribution in [0.5, 0.6) is 11.9 Å². The van der Waals surface area contributed by atoms with Crippen LogP contribution < -0.4 is 19.5 Å². The SMILES string of the molecule is COc1cc(NS(=O)(=O)c2ccc(NC=C3CCCCC3=O)cc2)nc(OC)n1. The van der Waals surface area contributed by atoms with Crippen molar-refractivity contribution in [3.05, 3.63) is 42.1 Å². The lowest BCUT2D eigenvalue weighted by atomic mass is 9.94. The van der Waals surface area contributed by atoms with Crippen LogP contribution in [-0.4, -0.2) is 38.4 Å². The van der Waals surface area contributed by atoms with Gasteiger partial charge in [-0.15, -0.1) is 0 Å². The molecule has 0 radical (unpaired) electrons. The van der Waals surface area contributed by atoms with Gasteiger partial charge in [0.2, 0.25) is 5.88 Å². The zero-order valence-corrected chi connectivity index (χ0v) is 17.0. The van der Waals surface area contributed by atoms with E-state index in [9.17, 15) is 13.2 Å². The van der Waals surface area contributed by atoms with Gasteiger partial charge in [0.25, 0.3) is 10.0 Å². The molecule has 0 saturated heterocycles. The molecule has 1 saturated carbocycles. The van der Waals surface area contributed by atoms with Gasteiger partial charge in [0.05, 0.1) is 19.1 Å². The van der Waals surface area contributed by atoms with E-state index in [-0.39, 0.29) is 28.4 Å². The van der Waals surface area contributed by atoms with Crippen molar-refractivity contribution < 1.29 is 22.7 Å². The van der Waals surface area contributed by atoms with Crippen LogP contribution in [0.2, 0.25) is 0 Å². The van der Waals surface area contributed by atoms with Crippen LogP contribution in [0.25, 0.3) is 0 Å². The number of ether oxygens (including phenoxy) is 2. The van der Waals surface area contributed by atoms with Gasteiger partial charge in [0, 0.05) is 29.9 Å². The molecule has 154 valence electrons. The molecule has 29 heavy (non-hydrogen) atoms. The number of aromatic nitrogens is 2. The molecule has 1 aromatic heterocycles. The quantitative estimate of drug-likeness (QED) is 0.659. The lowest BCUT2D eigenvalue weighted by Crippen LogP contribution is -2.14. The number of carbonyl (C=O) groups is 1. The molecule has 0 unspecified atom stereocenters. The fraction of sp³-hybridized carbons (Fsp3) is 0.316. The van der Waals surface area contributed by atoms with Crippen LogP contribution in [0.3, 0.4) is 0 Å². The minimum Gasteiger partial charge on any atom is -0.481 e. The fourth-order valence-electron chi connectivity index (χ4n) is 2.80.